The van der Waals surface area contributed by atoms with E-state index in [1.807, 2.05) is 25.1 Å². The van der Waals surface area contributed by atoms with Gasteiger partial charge >= 0.3 is 5.97 Å². The lowest BCUT2D eigenvalue weighted by Gasteiger charge is -2.33. The van der Waals surface area contributed by atoms with Crippen molar-refractivity contribution in [3.8, 4) is 5.75 Å². The van der Waals surface area contributed by atoms with Crippen LogP contribution in [0.5, 0.6) is 5.75 Å². The molecule has 2 aliphatic rings. The number of esters is 1. The lowest BCUT2D eigenvalue weighted by molar-refractivity contribution is -0.384. The molecule has 3 aromatic rings. The Labute approximate surface area is 253 Å². The molecule has 1 fully saturated rings. The third-order valence-corrected chi connectivity index (χ3v) is 8.94. The number of rotatable bonds is 9. The third-order valence-electron chi connectivity index (χ3n) is 7.96. The van der Waals surface area contributed by atoms with Crippen LogP contribution in [-0.2, 0) is 9.53 Å². The van der Waals surface area contributed by atoms with Crippen molar-refractivity contribution in [2.45, 2.75) is 52.5 Å². The first-order valence-corrected chi connectivity index (χ1v) is 15.5. The smallest absolute Gasteiger partial charge is 0.338 e. The molecule has 11 heteroatoms. The van der Waals surface area contributed by atoms with Crippen molar-refractivity contribution in [1.29, 1.82) is 0 Å². The molecule has 3 heterocycles. The lowest BCUT2D eigenvalue weighted by atomic mass is 9.93. The van der Waals surface area contributed by atoms with Crippen LogP contribution >= 0.6 is 11.3 Å². The van der Waals surface area contributed by atoms with Gasteiger partial charge in [0, 0.05) is 42.0 Å². The number of fused-ring (bicyclic) bond motifs is 1. The van der Waals surface area contributed by atoms with E-state index in [2.05, 4.69) is 11.8 Å². The minimum atomic E-state index is -0.816. The van der Waals surface area contributed by atoms with Crippen LogP contribution in [0.15, 0.2) is 63.5 Å². The summed E-state index contributed by atoms with van der Waals surface area (Å²) in [4.78, 5) is 46.5. The zero-order valence-electron chi connectivity index (χ0n) is 24.9. The number of hydrogen-bond acceptors (Lipinski definition) is 9. The van der Waals surface area contributed by atoms with Gasteiger partial charge in [-0.25, -0.2) is 9.79 Å². The van der Waals surface area contributed by atoms with E-state index in [1.54, 1.807) is 32.2 Å². The molecule has 226 valence electrons. The van der Waals surface area contributed by atoms with Crippen molar-refractivity contribution in [1.82, 2.24) is 4.57 Å². The van der Waals surface area contributed by atoms with Crippen LogP contribution in [0.3, 0.4) is 0 Å². The molecule has 0 amide bonds. The van der Waals surface area contributed by atoms with Gasteiger partial charge in [-0.15, -0.1) is 0 Å². The Morgan fingerprint density at radius 1 is 1.19 bits per heavy atom. The zero-order valence-corrected chi connectivity index (χ0v) is 25.7. The number of thiazole rings is 1. The van der Waals surface area contributed by atoms with E-state index in [1.165, 1.54) is 28.0 Å². The van der Waals surface area contributed by atoms with E-state index >= 15 is 0 Å². The van der Waals surface area contributed by atoms with E-state index in [0.29, 0.717) is 49.8 Å². The van der Waals surface area contributed by atoms with Gasteiger partial charge in [-0.2, -0.15) is 0 Å². The van der Waals surface area contributed by atoms with Crippen molar-refractivity contribution in [2.75, 3.05) is 31.7 Å². The number of carbonyl (C=O) groups is 1. The Balaban J connectivity index is 1.75. The molecule has 5 rings (SSSR count). The number of anilines is 1. The largest absolute Gasteiger partial charge is 0.496 e. The highest BCUT2D eigenvalue weighted by atomic mass is 32.1. The average molecular weight is 605 g/mol. The molecule has 1 saturated heterocycles. The molecule has 0 spiro atoms. The number of nitro benzene ring substituents is 1. The molecule has 0 aliphatic carbocycles. The van der Waals surface area contributed by atoms with Crippen LogP contribution in [-0.4, -0.2) is 42.3 Å². The molecule has 0 bridgehead atoms. The summed E-state index contributed by atoms with van der Waals surface area (Å²) < 4.78 is 13.0. The average Bonchev–Trinajstić information content (AvgIpc) is 3.31. The van der Waals surface area contributed by atoms with Crippen LogP contribution in [0.25, 0.3) is 6.08 Å². The molecule has 43 heavy (non-hydrogen) atoms. The van der Waals surface area contributed by atoms with E-state index in [9.17, 15) is 19.7 Å². The normalized spacial score (nSPS) is 17.4. The van der Waals surface area contributed by atoms with Crippen LogP contribution in [0, 0.1) is 16.0 Å². The Morgan fingerprint density at radius 2 is 1.93 bits per heavy atom. The number of carbonyl (C=O) groups excluding carboxylic acids is 1. The summed E-state index contributed by atoms with van der Waals surface area (Å²) in [5.41, 5.74) is 2.58. The number of nitro groups is 1. The zero-order chi connectivity index (χ0) is 30.7. The van der Waals surface area contributed by atoms with Crippen molar-refractivity contribution in [3.05, 3.63) is 94.7 Å². The Kier molecular flexibility index (Phi) is 9.10. The molecule has 2 aromatic carbocycles. The van der Waals surface area contributed by atoms with Crippen LogP contribution in [0.1, 0.15) is 63.6 Å². The minimum Gasteiger partial charge on any atom is -0.496 e. The number of methoxy groups -OCH3 is 1. The lowest BCUT2D eigenvalue weighted by Crippen LogP contribution is -2.40. The predicted molar refractivity (Wildman–Crippen MR) is 166 cm³/mol. The molecule has 1 aromatic heterocycles. The van der Waals surface area contributed by atoms with Crippen molar-refractivity contribution >= 4 is 34.8 Å². The SMILES string of the molecule is CCCC1=C(C(=O)OCC)[C@@H](c2ccccc2OC)n2c(s/c(=C/c3cc([N+](=O)[O-])ccc3N3CCC(C)CC3)c2=O)=N1. The maximum atomic E-state index is 14.3. The van der Waals surface area contributed by atoms with Gasteiger partial charge in [0.05, 0.1) is 34.4 Å². The van der Waals surface area contributed by atoms with Crippen LogP contribution in [0.4, 0.5) is 11.4 Å². The number of aromatic nitrogens is 1. The molecule has 1 atom stereocenters. The summed E-state index contributed by atoms with van der Waals surface area (Å²) in [7, 11) is 1.55. The summed E-state index contributed by atoms with van der Waals surface area (Å²) in [6.07, 6.45) is 5.02. The second-order valence-corrected chi connectivity index (χ2v) is 11.8. The number of non-ortho nitro benzene ring substituents is 1. The molecular formula is C32H36N4O6S. The van der Waals surface area contributed by atoms with Gasteiger partial charge in [0.1, 0.15) is 11.8 Å². The van der Waals surface area contributed by atoms with E-state index in [0.717, 1.165) is 38.0 Å². The monoisotopic (exact) mass is 604 g/mol. The van der Waals surface area contributed by atoms with Crippen molar-refractivity contribution in [2.24, 2.45) is 10.9 Å². The highest BCUT2D eigenvalue weighted by molar-refractivity contribution is 7.07. The van der Waals surface area contributed by atoms with E-state index < -0.39 is 16.9 Å². The fourth-order valence-electron chi connectivity index (χ4n) is 5.76. The summed E-state index contributed by atoms with van der Waals surface area (Å²) in [6, 6.07) is 11.3. The number of benzene rings is 2. The Hall–Kier alpha value is -4.25. The minimum absolute atomic E-state index is 0.0464. The summed E-state index contributed by atoms with van der Waals surface area (Å²) >= 11 is 1.21. The van der Waals surface area contributed by atoms with E-state index in [-0.39, 0.29) is 17.9 Å². The summed E-state index contributed by atoms with van der Waals surface area (Å²) in [5, 5.41) is 11.7. The number of allylic oxidation sites excluding steroid dienone is 1. The first-order valence-electron chi connectivity index (χ1n) is 14.7. The van der Waals surface area contributed by atoms with E-state index in [4.69, 9.17) is 14.5 Å². The van der Waals surface area contributed by atoms with Gasteiger partial charge in [-0.3, -0.25) is 19.5 Å². The first-order chi connectivity index (χ1) is 20.8. The number of nitrogens with zero attached hydrogens (tertiary/aromatic N) is 4. The maximum Gasteiger partial charge on any atom is 0.338 e. The molecule has 0 N–H and O–H groups in total. The molecule has 0 radical (unpaired) electrons. The Bertz CT molecular complexity index is 1750. The van der Waals surface area contributed by atoms with Gasteiger partial charge < -0.3 is 14.4 Å². The maximum absolute atomic E-state index is 14.3. The number of ether oxygens (including phenoxy) is 2. The summed E-state index contributed by atoms with van der Waals surface area (Å²) in [6.45, 7) is 7.81. The number of para-hydroxylation sites is 1. The standard InChI is InChI=1S/C32H36N4O6S/c1-5-9-24-28(31(38)42-6-2)29(23-10-7-8-11-26(23)41-4)35-30(37)27(43-32(35)33-24)19-21-18-22(36(39)40)12-13-25(21)34-16-14-20(3)15-17-34/h7-8,10-13,18-20,29H,5-6,9,14-17H2,1-4H3/b27-19+/t29-/m1/s1. The number of piperidine rings is 1. The van der Waals surface area contributed by atoms with Crippen LogP contribution in [0.2, 0.25) is 0 Å². The second-order valence-electron chi connectivity index (χ2n) is 10.8. The molecule has 10 nitrogen and oxygen atoms in total. The Morgan fingerprint density at radius 3 is 2.60 bits per heavy atom. The third kappa shape index (κ3) is 5.99. The van der Waals surface area contributed by atoms with Gasteiger partial charge in [0.2, 0.25) is 0 Å². The van der Waals surface area contributed by atoms with Gasteiger partial charge in [0.25, 0.3) is 11.2 Å². The fraction of sp³-hybridized carbons (Fsp3) is 0.406. The van der Waals surface area contributed by atoms with Gasteiger partial charge in [-0.05, 0) is 50.3 Å². The van der Waals surface area contributed by atoms with Gasteiger partial charge in [-0.1, -0.05) is 49.8 Å². The predicted octanol–water partition coefficient (Wildman–Crippen LogP) is 4.73. The van der Waals surface area contributed by atoms with Gasteiger partial charge in [0.15, 0.2) is 4.80 Å². The topological polar surface area (TPSA) is 116 Å². The molecular weight excluding hydrogens is 568 g/mol. The molecule has 0 unspecified atom stereocenters. The second kappa shape index (κ2) is 12.9. The molecule has 2 aliphatic heterocycles. The quantitative estimate of drug-likeness (QED) is 0.197. The van der Waals surface area contributed by atoms with Crippen molar-refractivity contribution < 1.29 is 19.2 Å². The highest BCUT2D eigenvalue weighted by Gasteiger charge is 2.36. The first kappa shape index (κ1) is 30.2. The highest BCUT2D eigenvalue weighted by Crippen LogP contribution is 2.37. The fourth-order valence-corrected chi connectivity index (χ4v) is 6.77. The summed E-state index contributed by atoms with van der Waals surface area (Å²) in [5.74, 6) is 0.615. The molecule has 0 saturated carbocycles. The van der Waals surface area contributed by atoms with Crippen molar-refractivity contribution in [3.63, 3.8) is 0 Å². The van der Waals surface area contributed by atoms with Crippen LogP contribution < -0.4 is 24.5 Å². The number of hydrogen-bond donors (Lipinski definition) is 0.